The van der Waals surface area contributed by atoms with Gasteiger partial charge in [-0.3, -0.25) is 9.59 Å². The van der Waals surface area contributed by atoms with Crippen molar-refractivity contribution in [1.82, 2.24) is 5.32 Å². The molecule has 0 saturated carbocycles. The Balaban J connectivity index is 2.58. The molecule has 0 aliphatic carbocycles. The van der Waals surface area contributed by atoms with Crippen molar-refractivity contribution in [2.45, 2.75) is 52.2 Å². The van der Waals surface area contributed by atoms with Crippen molar-refractivity contribution in [2.24, 2.45) is 0 Å². The number of hydrogen-bond donors (Lipinski definition) is 2. The van der Waals surface area contributed by atoms with Gasteiger partial charge in [0, 0.05) is 6.04 Å². The number of carboxylic acid groups (broad SMARTS) is 1. The smallest absolute Gasteiger partial charge is 0.305 e. The van der Waals surface area contributed by atoms with Crippen molar-refractivity contribution in [3.63, 3.8) is 0 Å². The largest absolute Gasteiger partial charge is 0.481 e. The Morgan fingerprint density at radius 2 is 2.10 bits per heavy atom. The van der Waals surface area contributed by atoms with Gasteiger partial charge in [-0.2, -0.15) is 0 Å². The summed E-state index contributed by atoms with van der Waals surface area (Å²) < 4.78 is 5.58. The maximum Gasteiger partial charge on any atom is 0.305 e. The molecule has 1 aromatic rings. The van der Waals surface area contributed by atoms with Crippen molar-refractivity contribution in [3.8, 4) is 5.75 Å². The highest BCUT2D eigenvalue weighted by molar-refractivity contribution is 5.81. The van der Waals surface area contributed by atoms with Gasteiger partial charge in [-0.05, 0) is 38.0 Å². The number of benzene rings is 1. The van der Waals surface area contributed by atoms with Crippen LogP contribution < -0.4 is 10.1 Å². The predicted molar refractivity (Wildman–Crippen MR) is 80.4 cm³/mol. The minimum atomic E-state index is -0.916. The van der Waals surface area contributed by atoms with Crippen LogP contribution in [-0.4, -0.2) is 29.1 Å². The van der Waals surface area contributed by atoms with E-state index in [1.165, 1.54) is 0 Å². The molecule has 0 heterocycles. The van der Waals surface area contributed by atoms with E-state index in [4.69, 9.17) is 9.84 Å². The lowest BCUT2D eigenvalue weighted by Crippen LogP contribution is -2.43. The molecule has 2 unspecified atom stereocenters. The summed E-state index contributed by atoms with van der Waals surface area (Å²) in [6.45, 7) is 5.55. The standard InChI is InChI=1S/C16H23NO4/c1-4-6-13(10-15(18)19)17-16(20)12(3)21-14-8-5-7-11(2)9-14/h5,7-9,12-13H,4,6,10H2,1-3H3,(H,17,20)(H,18,19). The number of carbonyl (C=O) groups is 2. The quantitative estimate of drug-likeness (QED) is 0.772. The number of carboxylic acids is 1. The number of amides is 1. The summed E-state index contributed by atoms with van der Waals surface area (Å²) in [6.07, 6.45) is 0.706. The first-order chi connectivity index (χ1) is 9.92. The van der Waals surface area contributed by atoms with Crippen molar-refractivity contribution in [1.29, 1.82) is 0 Å². The Bertz CT molecular complexity index is 487. The van der Waals surface area contributed by atoms with Gasteiger partial charge in [-0.25, -0.2) is 0 Å². The minimum Gasteiger partial charge on any atom is -0.481 e. The molecular weight excluding hydrogens is 270 g/mol. The van der Waals surface area contributed by atoms with Crippen LogP contribution in [0, 0.1) is 6.92 Å². The van der Waals surface area contributed by atoms with Crippen LogP contribution in [0.15, 0.2) is 24.3 Å². The van der Waals surface area contributed by atoms with Crippen molar-refractivity contribution in [3.05, 3.63) is 29.8 Å². The van der Waals surface area contributed by atoms with Gasteiger partial charge in [0.15, 0.2) is 6.10 Å². The Hall–Kier alpha value is -2.04. The fraction of sp³-hybridized carbons (Fsp3) is 0.500. The molecule has 2 atom stereocenters. The Kier molecular flexibility index (Phi) is 6.72. The van der Waals surface area contributed by atoms with E-state index in [1.54, 1.807) is 13.0 Å². The van der Waals surface area contributed by atoms with Gasteiger partial charge < -0.3 is 15.2 Å². The second-order valence-corrected chi connectivity index (χ2v) is 5.17. The van der Waals surface area contributed by atoms with Crippen LogP contribution in [0.1, 0.15) is 38.7 Å². The second kappa shape index (κ2) is 8.29. The number of aryl methyl sites for hydroxylation is 1. The third-order valence-electron chi connectivity index (χ3n) is 3.08. The molecule has 0 aromatic heterocycles. The summed E-state index contributed by atoms with van der Waals surface area (Å²) in [6, 6.07) is 7.09. The van der Waals surface area contributed by atoms with Gasteiger partial charge in [0.1, 0.15) is 5.75 Å². The second-order valence-electron chi connectivity index (χ2n) is 5.17. The molecule has 5 heteroatoms. The molecule has 0 radical (unpaired) electrons. The number of hydrogen-bond acceptors (Lipinski definition) is 3. The Labute approximate surface area is 125 Å². The van der Waals surface area contributed by atoms with Gasteiger partial charge in [0.05, 0.1) is 6.42 Å². The van der Waals surface area contributed by atoms with Gasteiger partial charge in [-0.15, -0.1) is 0 Å². The molecule has 0 aliphatic rings. The molecule has 0 saturated heterocycles. The molecule has 0 bridgehead atoms. The zero-order valence-corrected chi connectivity index (χ0v) is 12.8. The van der Waals surface area contributed by atoms with Gasteiger partial charge in [0.25, 0.3) is 5.91 Å². The summed E-state index contributed by atoms with van der Waals surface area (Å²) >= 11 is 0. The lowest BCUT2D eigenvalue weighted by atomic mass is 10.1. The number of aliphatic carboxylic acids is 1. The van der Waals surface area contributed by atoms with Gasteiger partial charge in [0.2, 0.25) is 0 Å². The molecule has 1 aromatic carbocycles. The summed E-state index contributed by atoms with van der Waals surface area (Å²) in [7, 11) is 0. The third-order valence-corrected chi connectivity index (χ3v) is 3.08. The molecule has 21 heavy (non-hydrogen) atoms. The zero-order chi connectivity index (χ0) is 15.8. The fourth-order valence-electron chi connectivity index (χ4n) is 2.05. The highest BCUT2D eigenvalue weighted by atomic mass is 16.5. The first-order valence-electron chi connectivity index (χ1n) is 7.17. The number of carbonyl (C=O) groups excluding carboxylic acids is 1. The average molecular weight is 293 g/mol. The zero-order valence-electron chi connectivity index (χ0n) is 12.8. The van der Waals surface area contributed by atoms with E-state index in [2.05, 4.69) is 5.32 Å². The summed E-state index contributed by atoms with van der Waals surface area (Å²) in [5.41, 5.74) is 1.05. The van der Waals surface area contributed by atoms with Crippen LogP contribution in [0.2, 0.25) is 0 Å². The summed E-state index contributed by atoms with van der Waals surface area (Å²) in [5.74, 6) is -0.583. The molecular formula is C16H23NO4. The summed E-state index contributed by atoms with van der Waals surface area (Å²) in [5, 5.41) is 11.6. The normalized spacial score (nSPS) is 13.3. The number of nitrogens with one attached hydrogen (secondary N) is 1. The van der Waals surface area contributed by atoms with E-state index >= 15 is 0 Å². The van der Waals surface area contributed by atoms with E-state index in [0.29, 0.717) is 12.2 Å². The average Bonchev–Trinajstić information content (AvgIpc) is 2.38. The molecule has 2 N–H and O–H groups in total. The van der Waals surface area contributed by atoms with Crippen LogP contribution in [0.5, 0.6) is 5.75 Å². The molecule has 116 valence electrons. The van der Waals surface area contributed by atoms with E-state index in [9.17, 15) is 9.59 Å². The van der Waals surface area contributed by atoms with Crippen LogP contribution in [0.4, 0.5) is 0 Å². The van der Waals surface area contributed by atoms with Crippen molar-refractivity contribution in [2.75, 3.05) is 0 Å². The van der Waals surface area contributed by atoms with Gasteiger partial charge in [-0.1, -0.05) is 25.5 Å². The van der Waals surface area contributed by atoms with E-state index < -0.39 is 12.1 Å². The molecule has 0 fully saturated rings. The lowest BCUT2D eigenvalue weighted by molar-refractivity contribution is -0.138. The first-order valence-corrected chi connectivity index (χ1v) is 7.17. The van der Waals surface area contributed by atoms with Gasteiger partial charge >= 0.3 is 5.97 Å². The van der Waals surface area contributed by atoms with Crippen LogP contribution in [-0.2, 0) is 9.59 Å². The van der Waals surface area contributed by atoms with Crippen LogP contribution in [0.25, 0.3) is 0 Å². The molecule has 5 nitrogen and oxygen atoms in total. The highest BCUT2D eigenvalue weighted by Crippen LogP contribution is 2.14. The number of ether oxygens (including phenoxy) is 1. The molecule has 0 spiro atoms. The Morgan fingerprint density at radius 1 is 1.38 bits per heavy atom. The molecule has 0 aliphatic heterocycles. The number of rotatable bonds is 8. The van der Waals surface area contributed by atoms with E-state index in [1.807, 2.05) is 32.0 Å². The van der Waals surface area contributed by atoms with Crippen LogP contribution >= 0.6 is 0 Å². The van der Waals surface area contributed by atoms with E-state index in [-0.39, 0.29) is 18.4 Å². The first kappa shape index (κ1) is 17.0. The SMILES string of the molecule is CCCC(CC(=O)O)NC(=O)C(C)Oc1cccc(C)c1. The maximum absolute atomic E-state index is 12.1. The molecule has 1 rings (SSSR count). The summed E-state index contributed by atoms with van der Waals surface area (Å²) in [4.78, 5) is 22.9. The predicted octanol–water partition coefficient (Wildman–Crippen LogP) is 2.52. The third kappa shape index (κ3) is 6.29. The monoisotopic (exact) mass is 293 g/mol. The van der Waals surface area contributed by atoms with Crippen molar-refractivity contribution >= 4 is 11.9 Å². The maximum atomic E-state index is 12.1. The molecule has 1 amide bonds. The van der Waals surface area contributed by atoms with Crippen LogP contribution in [0.3, 0.4) is 0 Å². The van der Waals surface area contributed by atoms with E-state index in [0.717, 1.165) is 12.0 Å². The minimum absolute atomic E-state index is 0.0727. The van der Waals surface area contributed by atoms with Crippen molar-refractivity contribution < 1.29 is 19.4 Å². The lowest BCUT2D eigenvalue weighted by Gasteiger charge is -2.20. The fourth-order valence-corrected chi connectivity index (χ4v) is 2.05. The Morgan fingerprint density at radius 3 is 2.67 bits per heavy atom. The highest BCUT2D eigenvalue weighted by Gasteiger charge is 2.20. The topological polar surface area (TPSA) is 75.6 Å².